The van der Waals surface area contributed by atoms with Crippen molar-refractivity contribution in [2.75, 3.05) is 7.11 Å². The van der Waals surface area contributed by atoms with Crippen LogP contribution in [-0.2, 0) is 21.1 Å². The molecule has 1 aliphatic heterocycles. The van der Waals surface area contributed by atoms with Crippen LogP contribution in [0.2, 0.25) is 0 Å². The predicted octanol–water partition coefficient (Wildman–Crippen LogP) is 3.53. The lowest BCUT2D eigenvalue weighted by atomic mass is 9.77. The third kappa shape index (κ3) is 2.99. The maximum atomic E-state index is 12.0. The van der Waals surface area contributed by atoms with Crippen LogP contribution in [0.25, 0.3) is 10.9 Å². The number of carbonyl (C=O) groups is 1. The topological polar surface area (TPSA) is 49.7 Å². The molecular formula is C21H28BNO4. The van der Waals surface area contributed by atoms with Crippen LogP contribution in [-0.4, -0.2) is 36.5 Å². The number of benzene rings is 1. The Bertz CT molecular complexity index is 882. The number of rotatable bonds is 3. The van der Waals surface area contributed by atoms with Gasteiger partial charge < -0.3 is 18.6 Å². The van der Waals surface area contributed by atoms with Crippen molar-refractivity contribution in [3.63, 3.8) is 0 Å². The summed E-state index contributed by atoms with van der Waals surface area (Å²) in [5.41, 5.74) is 3.69. The number of carbonyl (C=O) groups excluding carboxylic acids is 1. The molecule has 0 spiro atoms. The Morgan fingerprint density at radius 1 is 1.30 bits per heavy atom. The van der Waals surface area contributed by atoms with E-state index in [1.165, 1.54) is 43.7 Å². The van der Waals surface area contributed by atoms with Crippen LogP contribution in [0.3, 0.4) is 0 Å². The Balaban J connectivity index is 1.89. The average Bonchev–Trinajstić information content (AvgIpc) is 3.32. The molecule has 0 radical (unpaired) electrons. The van der Waals surface area contributed by atoms with Crippen molar-refractivity contribution in [3.05, 3.63) is 29.3 Å². The van der Waals surface area contributed by atoms with Crippen molar-refractivity contribution in [3.8, 4) is 0 Å². The summed E-state index contributed by atoms with van der Waals surface area (Å²) >= 11 is 0. The summed E-state index contributed by atoms with van der Waals surface area (Å²) in [4.78, 5) is 12.0. The molecule has 1 atom stereocenters. The van der Waals surface area contributed by atoms with E-state index in [1.807, 2.05) is 19.2 Å². The summed E-state index contributed by atoms with van der Waals surface area (Å²) in [6.07, 6.45) is 4.92. The summed E-state index contributed by atoms with van der Waals surface area (Å²) in [5, 5.41) is 1.19. The first-order valence-corrected chi connectivity index (χ1v) is 9.87. The minimum atomic E-state index is -0.385. The molecule has 2 heterocycles. The second-order valence-electron chi connectivity index (χ2n) is 8.39. The van der Waals surface area contributed by atoms with Gasteiger partial charge in [-0.2, -0.15) is 0 Å². The van der Waals surface area contributed by atoms with Gasteiger partial charge in [-0.15, -0.1) is 0 Å². The average molecular weight is 369 g/mol. The van der Waals surface area contributed by atoms with E-state index in [4.69, 9.17) is 14.0 Å². The molecule has 0 bridgehead atoms. The van der Waals surface area contributed by atoms with Crippen molar-refractivity contribution in [2.45, 2.75) is 64.1 Å². The highest BCUT2D eigenvalue weighted by atomic mass is 16.7. The minimum Gasteiger partial charge on any atom is -0.465 e. The summed E-state index contributed by atoms with van der Waals surface area (Å²) in [6.45, 7) is 6.21. The molecule has 0 N–H and O–H groups in total. The number of hydrogen-bond acceptors (Lipinski definition) is 4. The molecule has 27 heavy (non-hydrogen) atoms. The quantitative estimate of drug-likeness (QED) is 0.614. The fourth-order valence-corrected chi connectivity index (χ4v) is 4.53. The Morgan fingerprint density at radius 2 is 2.00 bits per heavy atom. The predicted molar refractivity (Wildman–Crippen MR) is 107 cm³/mol. The van der Waals surface area contributed by atoms with E-state index in [9.17, 15) is 4.79 Å². The van der Waals surface area contributed by atoms with Gasteiger partial charge in [-0.05, 0) is 57.2 Å². The van der Waals surface area contributed by atoms with Crippen LogP contribution in [0.1, 0.15) is 68.3 Å². The number of nitrogens with zero attached hydrogens (tertiary/aromatic N) is 1. The van der Waals surface area contributed by atoms with Gasteiger partial charge in [0.15, 0.2) is 0 Å². The van der Waals surface area contributed by atoms with Gasteiger partial charge in [0, 0.05) is 18.0 Å². The number of hydrogen-bond donors (Lipinski definition) is 0. The standard InChI is InChI=1S/C21H28BNO4/c1-13-21(2,3)27-22(26-13)19-18(14-8-6-7-9-14)16-11-10-15(20(24)25-5)12-17(16)23(19)4/h10-14H,6-9H2,1-5H3. The van der Waals surface area contributed by atoms with Crippen LogP contribution in [0.15, 0.2) is 18.2 Å². The molecule has 2 fully saturated rings. The van der Waals surface area contributed by atoms with Gasteiger partial charge in [-0.25, -0.2) is 4.79 Å². The van der Waals surface area contributed by atoms with Crippen LogP contribution in [0, 0.1) is 0 Å². The molecule has 0 amide bonds. The molecule has 1 unspecified atom stereocenters. The van der Waals surface area contributed by atoms with Crippen LogP contribution < -0.4 is 5.59 Å². The Labute approximate surface area is 161 Å². The summed E-state index contributed by atoms with van der Waals surface area (Å²) < 4.78 is 19.6. The lowest BCUT2D eigenvalue weighted by molar-refractivity contribution is 0.0601. The van der Waals surface area contributed by atoms with Gasteiger partial charge in [0.25, 0.3) is 0 Å². The lowest BCUT2D eigenvalue weighted by Crippen LogP contribution is -2.41. The van der Waals surface area contributed by atoms with Gasteiger partial charge >= 0.3 is 13.1 Å². The highest BCUT2D eigenvalue weighted by molar-refractivity contribution is 6.62. The van der Waals surface area contributed by atoms with Gasteiger partial charge in [-0.1, -0.05) is 18.9 Å². The van der Waals surface area contributed by atoms with E-state index < -0.39 is 0 Å². The van der Waals surface area contributed by atoms with E-state index in [-0.39, 0.29) is 24.8 Å². The Kier molecular flexibility index (Phi) is 4.59. The van der Waals surface area contributed by atoms with Crippen molar-refractivity contribution < 1.29 is 18.8 Å². The van der Waals surface area contributed by atoms with Gasteiger partial charge in [0.05, 0.1) is 30.0 Å². The molecule has 5 nitrogen and oxygen atoms in total. The molecule has 1 saturated heterocycles. The van der Waals surface area contributed by atoms with Crippen LogP contribution in [0.4, 0.5) is 0 Å². The largest absolute Gasteiger partial charge is 0.512 e. The van der Waals surface area contributed by atoms with E-state index in [1.54, 1.807) is 0 Å². The van der Waals surface area contributed by atoms with Gasteiger partial charge in [0.1, 0.15) is 0 Å². The molecule has 1 aromatic heterocycles. The fourth-order valence-electron chi connectivity index (χ4n) is 4.53. The minimum absolute atomic E-state index is 0.0163. The van der Waals surface area contributed by atoms with E-state index in [0.29, 0.717) is 11.5 Å². The first kappa shape index (κ1) is 18.6. The fraction of sp³-hybridized carbons (Fsp3) is 0.571. The van der Waals surface area contributed by atoms with Crippen molar-refractivity contribution >= 4 is 29.6 Å². The summed E-state index contributed by atoms with van der Waals surface area (Å²) in [7, 11) is 3.07. The number of aryl methyl sites for hydroxylation is 1. The smallest absolute Gasteiger partial charge is 0.465 e. The maximum Gasteiger partial charge on any atom is 0.512 e. The third-order valence-electron chi connectivity index (χ3n) is 6.41. The zero-order valence-corrected chi connectivity index (χ0v) is 16.9. The molecule has 1 aliphatic carbocycles. The lowest BCUT2D eigenvalue weighted by Gasteiger charge is -2.21. The number of ether oxygens (including phenoxy) is 1. The number of aromatic nitrogens is 1. The molecule has 4 rings (SSSR count). The number of esters is 1. The van der Waals surface area contributed by atoms with Crippen LogP contribution in [0.5, 0.6) is 0 Å². The normalized spacial score (nSPS) is 22.7. The molecule has 1 aromatic carbocycles. The van der Waals surface area contributed by atoms with Gasteiger partial charge in [0.2, 0.25) is 0 Å². The zero-order chi connectivity index (χ0) is 19.3. The highest BCUT2D eigenvalue weighted by Crippen LogP contribution is 2.39. The molecule has 2 aromatic rings. The Hall–Kier alpha value is -1.79. The number of fused-ring (bicyclic) bond motifs is 1. The van der Waals surface area contributed by atoms with Gasteiger partial charge in [-0.3, -0.25) is 0 Å². The van der Waals surface area contributed by atoms with E-state index >= 15 is 0 Å². The second kappa shape index (κ2) is 6.68. The van der Waals surface area contributed by atoms with E-state index in [2.05, 4.69) is 31.4 Å². The molecule has 6 heteroatoms. The zero-order valence-electron chi connectivity index (χ0n) is 16.9. The van der Waals surface area contributed by atoms with Crippen molar-refractivity contribution in [2.24, 2.45) is 7.05 Å². The van der Waals surface area contributed by atoms with Crippen molar-refractivity contribution in [1.29, 1.82) is 0 Å². The summed E-state index contributed by atoms with van der Waals surface area (Å²) in [6, 6.07) is 5.84. The SMILES string of the molecule is COC(=O)c1ccc2c(C3CCCC3)c(B3OC(C)C(C)(C)O3)n(C)c2c1. The summed E-state index contributed by atoms with van der Waals surface area (Å²) in [5.74, 6) is 0.198. The van der Waals surface area contributed by atoms with Crippen LogP contribution >= 0.6 is 0 Å². The maximum absolute atomic E-state index is 12.0. The highest BCUT2D eigenvalue weighted by Gasteiger charge is 2.47. The Morgan fingerprint density at radius 3 is 2.59 bits per heavy atom. The molecular weight excluding hydrogens is 341 g/mol. The first-order chi connectivity index (χ1) is 12.8. The number of methoxy groups -OCH3 is 1. The van der Waals surface area contributed by atoms with E-state index in [0.717, 1.165) is 11.1 Å². The third-order valence-corrected chi connectivity index (χ3v) is 6.41. The molecule has 144 valence electrons. The van der Waals surface area contributed by atoms with Crippen molar-refractivity contribution in [1.82, 2.24) is 4.57 Å². The first-order valence-electron chi connectivity index (χ1n) is 9.87. The second-order valence-corrected chi connectivity index (χ2v) is 8.39. The molecule has 1 saturated carbocycles. The molecule has 2 aliphatic rings. The monoisotopic (exact) mass is 369 g/mol.